The fourth-order valence-electron chi connectivity index (χ4n) is 1.39. The van der Waals surface area contributed by atoms with Crippen LogP contribution in [0.4, 0.5) is 0 Å². The van der Waals surface area contributed by atoms with E-state index in [0.29, 0.717) is 0 Å². The Morgan fingerprint density at radius 3 is 1.38 bits per heavy atom. The Bertz CT molecular complexity index is 585. The van der Waals surface area contributed by atoms with Crippen LogP contribution in [0.1, 0.15) is 0 Å². The molecule has 2 aliphatic rings. The van der Waals surface area contributed by atoms with Crippen molar-refractivity contribution in [1.82, 2.24) is 0 Å². The van der Waals surface area contributed by atoms with Gasteiger partial charge in [0.25, 0.3) is 0 Å². The molecule has 0 aromatic rings. The van der Waals surface area contributed by atoms with Crippen molar-refractivity contribution >= 4 is 106 Å². The van der Waals surface area contributed by atoms with Crippen LogP contribution in [0.5, 0.6) is 0 Å². The molecule has 0 bridgehead atoms. The Kier molecular flexibility index (Phi) is 9.16. The molecular formula is C12H12O4S8. The first kappa shape index (κ1) is 21.3. The largest absolute Gasteiger partial charge is 0.481 e. The van der Waals surface area contributed by atoms with E-state index in [-0.39, 0.29) is 11.5 Å². The molecule has 0 aliphatic carbocycles. The highest BCUT2D eigenvalue weighted by Crippen LogP contribution is 2.65. The minimum Gasteiger partial charge on any atom is -0.481 e. The summed E-state index contributed by atoms with van der Waals surface area (Å²) in [6.45, 7) is 0. The molecule has 0 aromatic carbocycles. The van der Waals surface area contributed by atoms with E-state index in [4.69, 9.17) is 10.2 Å². The highest BCUT2D eigenvalue weighted by molar-refractivity contribution is 8.45. The quantitative estimate of drug-likeness (QED) is 0.452. The van der Waals surface area contributed by atoms with E-state index in [2.05, 4.69) is 0 Å². The van der Waals surface area contributed by atoms with Gasteiger partial charge in [0.15, 0.2) is 0 Å². The van der Waals surface area contributed by atoms with Gasteiger partial charge in [-0.05, 0) is 12.5 Å². The van der Waals surface area contributed by atoms with E-state index in [1.54, 1.807) is 70.6 Å². The van der Waals surface area contributed by atoms with Crippen LogP contribution in [-0.4, -0.2) is 46.2 Å². The number of hydrogen-bond donors (Lipinski definition) is 2. The lowest BCUT2D eigenvalue weighted by atomic mass is 10.8. The Balaban J connectivity index is 2.07. The van der Waals surface area contributed by atoms with E-state index in [1.807, 2.05) is 12.5 Å². The fourth-order valence-corrected chi connectivity index (χ4v) is 12.0. The zero-order valence-corrected chi connectivity index (χ0v) is 18.9. The van der Waals surface area contributed by atoms with Crippen molar-refractivity contribution in [2.45, 2.75) is 0 Å². The van der Waals surface area contributed by atoms with Gasteiger partial charge in [0.1, 0.15) is 0 Å². The number of carboxylic acid groups (broad SMARTS) is 2. The van der Waals surface area contributed by atoms with E-state index in [1.165, 1.54) is 23.5 Å². The summed E-state index contributed by atoms with van der Waals surface area (Å²) in [7, 11) is 0. The molecule has 0 aromatic heterocycles. The van der Waals surface area contributed by atoms with Crippen LogP contribution in [0.3, 0.4) is 0 Å². The summed E-state index contributed by atoms with van der Waals surface area (Å²) in [5.74, 6) is -1.51. The summed E-state index contributed by atoms with van der Waals surface area (Å²) in [4.78, 5) is 21.6. The van der Waals surface area contributed by atoms with Crippen LogP contribution < -0.4 is 0 Å². The maximum absolute atomic E-state index is 10.8. The average Bonchev–Trinajstić information content (AvgIpc) is 3.14. The standard InChI is InChI=1S/C12H12O4S8/c1-17-7-9(19-3-5(13)14)23-11(21-7)12-22-8(18-2)10(24-12)20-4-6(15)16/h3-4H2,1-2H3,(H,13,14)(H,15,16)/b12-11+. The number of aliphatic carboxylic acids is 2. The van der Waals surface area contributed by atoms with Gasteiger partial charge in [-0.25, -0.2) is 0 Å². The van der Waals surface area contributed by atoms with Crippen molar-refractivity contribution in [3.63, 3.8) is 0 Å². The average molecular weight is 477 g/mol. The molecule has 0 saturated carbocycles. The molecule has 0 radical (unpaired) electrons. The van der Waals surface area contributed by atoms with Crippen molar-refractivity contribution in [2.24, 2.45) is 0 Å². The van der Waals surface area contributed by atoms with Gasteiger partial charge >= 0.3 is 11.9 Å². The van der Waals surface area contributed by atoms with Gasteiger partial charge in [0.2, 0.25) is 0 Å². The second-order valence-electron chi connectivity index (χ2n) is 3.91. The lowest BCUT2D eigenvalue weighted by Crippen LogP contribution is -1.97. The molecule has 0 unspecified atom stereocenters. The van der Waals surface area contributed by atoms with E-state index < -0.39 is 11.9 Å². The second-order valence-corrected chi connectivity index (χ2v) is 13.1. The van der Waals surface area contributed by atoms with E-state index in [0.717, 1.165) is 25.4 Å². The van der Waals surface area contributed by atoms with E-state index >= 15 is 0 Å². The van der Waals surface area contributed by atoms with Gasteiger partial charge in [-0.15, -0.1) is 47.0 Å². The Labute approximate surface area is 174 Å². The Hall–Kier alpha value is 0.960. The predicted molar refractivity (Wildman–Crippen MR) is 119 cm³/mol. The number of hydrogen-bond acceptors (Lipinski definition) is 10. The minimum absolute atomic E-state index is 0.0594. The van der Waals surface area contributed by atoms with Crippen molar-refractivity contribution in [3.8, 4) is 0 Å². The Morgan fingerprint density at radius 1 is 0.750 bits per heavy atom. The van der Waals surface area contributed by atoms with Crippen molar-refractivity contribution in [1.29, 1.82) is 0 Å². The summed E-state index contributed by atoms with van der Waals surface area (Å²) in [6, 6.07) is 0. The van der Waals surface area contributed by atoms with Crippen LogP contribution in [0.15, 0.2) is 25.4 Å². The summed E-state index contributed by atoms with van der Waals surface area (Å²) in [6.07, 6.45) is 3.99. The molecule has 0 fully saturated rings. The first-order valence-electron chi connectivity index (χ1n) is 6.16. The number of rotatable bonds is 8. The third-order valence-corrected chi connectivity index (χ3v) is 13.5. The van der Waals surface area contributed by atoms with Crippen LogP contribution in [0.2, 0.25) is 0 Å². The molecule has 132 valence electrons. The Morgan fingerprint density at radius 2 is 1.08 bits per heavy atom. The molecule has 2 rings (SSSR count). The topological polar surface area (TPSA) is 74.6 Å². The smallest absolute Gasteiger partial charge is 0.313 e. The van der Waals surface area contributed by atoms with Crippen molar-refractivity contribution < 1.29 is 19.8 Å². The molecular weight excluding hydrogens is 465 g/mol. The number of thioether (sulfide) groups is 8. The fraction of sp³-hybridized carbons (Fsp3) is 0.333. The molecule has 0 atom stereocenters. The van der Waals surface area contributed by atoms with Gasteiger partial charge in [-0.1, -0.05) is 47.0 Å². The minimum atomic E-state index is -0.817. The third-order valence-electron chi connectivity index (χ3n) is 2.27. The molecule has 0 amide bonds. The summed E-state index contributed by atoms with van der Waals surface area (Å²) in [5.41, 5.74) is 0. The van der Waals surface area contributed by atoms with Crippen LogP contribution in [-0.2, 0) is 9.59 Å². The van der Waals surface area contributed by atoms with Gasteiger partial charge in [-0.2, -0.15) is 0 Å². The zero-order valence-electron chi connectivity index (χ0n) is 12.4. The zero-order chi connectivity index (χ0) is 17.7. The second kappa shape index (κ2) is 10.3. The lowest BCUT2D eigenvalue weighted by Gasteiger charge is -2.02. The third kappa shape index (κ3) is 6.00. The first-order valence-corrected chi connectivity index (χ1v) is 13.8. The van der Waals surface area contributed by atoms with Gasteiger partial charge in [-0.3, -0.25) is 9.59 Å². The molecule has 0 saturated heterocycles. The van der Waals surface area contributed by atoms with Gasteiger partial charge in [0, 0.05) is 0 Å². The molecule has 24 heavy (non-hydrogen) atoms. The number of carbonyl (C=O) groups is 2. The molecule has 0 spiro atoms. The summed E-state index contributed by atoms with van der Waals surface area (Å²) >= 11 is 12.6. The van der Waals surface area contributed by atoms with E-state index in [9.17, 15) is 9.59 Å². The molecule has 12 heteroatoms. The summed E-state index contributed by atoms with van der Waals surface area (Å²) < 4.78 is 6.64. The van der Waals surface area contributed by atoms with Gasteiger partial charge < -0.3 is 10.2 Å². The monoisotopic (exact) mass is 476 g/mol. The molecule has 4 nitrogen and oxygen atoms in total. The lowest BCUT2D eigenvalue weighted by molar-refractivity contribution is -0.134. The maximum Gasteiger partial charge on any atom is 0.313 e. The van der Waals surface area contributed by atoms with Crippen LogP contribution in [0.25, 0.3) is 0 Å². The SMILES string of the molecule is CSC1=C(SCC(=O)O)S/C(=C2\SC(SC)=C(SCC(=O)O)S2)S1. The van der Waals surface area contributed by atoms with Crippen molar-refractivity contribution in [3.05, 3.63) is 25.4 Å². The van der Waals surface area contributed by atoms with Gasteiger partial charge in [0.05, 0.1) is 36.9 Å². The number of carboxylic acids is 2. The predicted octanol–water partition coefficient (Wildman–Crippen LogP) is 5.69. The highest BCUT2D eigenvalue weighted by atomic mass is 32.3. The van der Waals surface area contributed by atoms with Crippen LogP contribution >= 0.6 is 94.1 Å². The van der Waals surface area contributed by atoms with Crippen LogP contribution in [0, 0.1) is 0 Å². The first-order chi connectivity index (χ1) is 11.4. The highest BCUT2D eigenvalue weighted by Gasteiger charge is 2.30. The maximum atomic E-state index is 10.8. The molecule has 2 heterocycles. The van der Waals surface area contributed by atoms with Crippen molar-refractivity contribution in [2.75, 3.05) is 24.0 Å². The normalized spacial score (nSPS) is 21.1. The summed E-state index contributed by atoms with van der Waals surface area (Å²) in [5, 5.41) is 17.7. The molecule has 2 aliphatic heterocycles. The molecule has 2 N–H and O–H groups in total.